The highest BCUT2D eigenvalue weighted by atomic mass is 15.2. The quantitative estimate of drug-likeness (QED) is 0.690. The second kappa shape index (κ2) is 8.93. The minimum atomic E-state index is 0.643. The molecule has 1 heterocycles. The predicted molar refractivity (Wildman–Crippen MR) is 76.2 cm³/mol. The van der Waals surface area contributed by atoms with Gasteiger partial charge in [0.15, 0.2) is 0 Å². The van der Waals surface area contributed by atoms with Crippen LogP contribution in [0.15, 0.2) is 0 Å². The van der Waals surface area contributed by atoms with Crippen LogP contribution >= 0.6 is 0 Å². The molecule has 17 heavy (non-hydrogen) atoms. The summed E-state index contributed by atoms with van der Waals surface area (Å²) in [5.41, 5.74) is 6.01. The number of hydrogen-bond acceptors (Lipinski definition) is 2. The smallest absolute Gasteiger partial charge is 0.0221 e. The molecule has 102 valence electrons. The van der Waals surface area contributed by atoms with Crippen LogP contribution in [0.1, 0.15) is 71.6 Å². The first kappa shape index (κ1) is 15.0. The Bertz CT molecular complexity index is 182. The summed E-state index contributed by atoms with van der Waals surface area (Å²) >= 11 is 0. The third-order valence-corrected chi connectivity index (χ3v) is 4.28. The molecule has 0 aromatic heterocycles. The van der Waals surface area contributed by atoms with E-state index in [1.165, 1.54) is 64.3 Å². The molecule has 0 aromatic rings. The maximum Gasteiger partial charge on any atom is 0.0221 e. The summed E-state index contributed by atoms with van der Waals surface area (Å²) in [7, 11) is 0. The first-order valence-corrected chi connectivity index (χ1v) is 7.79. The second-order valence-electron chi connectivity index (χ2n) is 5.53. The summed E-state index contributed by atoms with van der Waals surface area (Å²) in [6.45, 7) is 6.74. The third kappa shape index (κ3) is 4.97. The van der Waals surface area contributed by atoms with Gasteiger partial charge in [0.2, 0.25) is 0 Å². The van der Waals surface area contributed by atoms with Gasteiger partial charge in [0.25, 0.3) is 0 Å². The zero-order chi connectivity index (χ0) is 12.5. The molecule has 1 fully saturated rings. The summed E-state index contributed by atoms with van der Waals surface area (Å²) in [4.78, 5) is 2.74. The lowest BCUT2D eigenvalue weighted by atomic mass is 10.0. The fraction of sp³-hybridized carbons (Fsp3) is 1.00. The number of likely N-dealkylation sites (tertiary alicyclic amines) is 1. The van der Waals surface area contributed by atoms with Gasteiger partial charge in [-0.25, -0.2) is 0 Å². The highest BCUT2D eigenvalue weighted by Crippen LogP contribution is 2.23. The van der Waals surface area contributed by atoms with Crippen LogP contribution in [0.25, 0.3) is 0 Å². The Balaban J connectivity index is 2.49. The maximum absolute atomic E-state index is 6.01. The highest BCUT2D eigenvalue weighted by molar-refractivity contribution is 4.81. The van der Waals surface area contributed by atoms with Crippen LogP contribution in [0, 0.1) is 0 Å². The van der Waals surface area contributed by atoms with Crippen molar-refractivity contribution in [1.29, 1.82) is 0 Å². The molecular formula is C15H32N2. The molecule has 2 heteroatoms. The Hall–Kier alpha value is -0.0800. The van der Waals surface area contributed by atoms with Crippen LogP contribution in [0.3, 0.4) is 0 Å². The summed E-state index contributed by atoms with van der Waals surface area (Å²) in [6, 6.07) is 1.44. The molecule has 2 nitrogen and oxygen atoms in total. The van der Waals surface area contributed by atoms with E-state index in [0.29, 0.717) is 6.04 Å². The first-order valence-electron chi connectivity index (χ1n) is 7.79. The Morgan fingerprint density at radius 3 is 2.65 bits per heavy atom. The molecule has 0 amide bonds. The summed E-state index contributed by atoms with van der Waals surface area (Å²) < 4.78 is 0. The molecular weight excluding hydrogens is 208 g/mol. The van der Waals surface area contributed by atoms with E-state index in [9.17, 15) is 0 Å². The van der Waals surface area contributed by atoms with Gasteiger partial charge in [-0.15, -0.1) is 0 Å². The molecule has 0 radical (unpaired) electrons. The minimum Gasteiger partial charge on any atom is -0.329 e. The van der Waals surface area contributed by atoms with E-state index < -0.39 is 0 Å². The molecule has 1 aliphatic heterocycles. The molecule has 2 N–H and O–H groups in total. The fourth-order valence-corrected chi connectivity index (χ4v) is 3.17. The molecule has 0 saturated carbocycles. The van der Waals surface area contributed by atoms with Crippen molar-refractivity contribution in [3.8, 4) is 0 Å². The summed E-state index contributed by atoms with van der Waals surface area (Å²) in [5, 5.41) is 0. The van der Waals surface area contributed by atoms with Crippen molar-refractivity contribution in [2.75, 3.05) is 13.1 Å². The van der Waals surface area contributed by atoms with Crippen molar-refractivity contribution in [2.24, 2.45) is 5.73 Å². The standard InChI is InChI=1S/C15H32N2/c1-3-5-7-11-15(13-16)17-12-9-6-8-10-14(17)4-2/h14-15H,3-13,16H2,1-2H3. The number of nitrogens with two attached hydrogens (primary N) is 1. The highest BCUT2D eigenvalue weighted by Gasteiger charge is 2.25. The van der Waals surface area contributed by atoms with Gasteiger partial charge in [0.05, 0.1) is 0 Å². The average molecular weight is 240 g/mol. The second-order valence-corrected chi connectivity index (χ2v) is 5.53. The summed E-state index contributed by atoms with van der Waals surface area (Å²) in [6.07, 6.45) is 12.2. The molecule has 0 bridgehead atoms. The molecule has 2 unspecified atom stereocenters. The molecule has 1 aliphatic rings. The van der Waals surface area contributed by atoms with Gasteiger partial charge in [0, 0.05) is 18.6 Å². The van der Waals surface area contributed by atoms with Crippen LogP contribution in [0.5, 0.6) is 0 Å². The first-order chi connectivity index (χ1) is 8.33. The molecule has 2 atom stereocenters. The minimum absolute atomic E-state index is 0.643. The Morgan fingerprint density at radius 1 is 1.18 bits per heavy atom. The van der Waals surface area contributed by atoms with Crippen molar-refractivity contribution in [3.63, 3.8) is 0 Å². The van der Waals surface area contributed by atoms with Gasteiger partial charge in [0.1, 0.15) is 0 Å². The summed E-state index contributed by atoms with van der Waals surface area (Å²) in [5.74, 6) is 0. The lowest BCUT2D eigenvalue weighted by Gasteiger charge is -2.36. The Kier molecular flexibility index (Phi) is 7.87. The third-order valence-electron chi connectivity index (χ3n) is 4.28. The van der Waals surface area contributed by atoms with E-state index in [0.717, 1.165) is 12.6 Å². The Labute approximate surface area is 108 Å². The van der Waals surface area contributed by atoms with Crippen molar-refractivity contribution in [1.82, 2.24) is 4.90 Å². The van der Waals surface area contributed by atoms with Crippen LogP contribution in [-0.2, 0) is 0 Å². The van der Waals surface area contributed by atoms with Gasteiger partial charge in [-0.2, -0.15) is 0 Å². The number of nitrogens with zero attached hydrogens (tertiary/aromatic N) is 1. The van der Waals surface area contributed by atoms with Crippen LogP contribution < -0.4 is 5.73 Å². The van der Waals surface area contributed by atoms with E-state index in [-0.39, 0.29) is 0 Å². The van der Waals surface area contributed by atoms with Gasteiger partial charge in [-0.05, 0) is 32.2 Å². The normalized spacial score (nSPS) is 24.5. The molecule has 1 saturated heterocycles. The molecule has 0 aromatic carbocycles. The number of rotatable bonds is 7. The molecule has 0 aliphatic carbocycles. The van der Waals surface area contributed by atoms with Crippen molar-refractivity contribution in [3.05, 3.63) is 0 Å². The van der Waals surface area contributed by atoms with Crippen LogP contribution in [0.4, 0.5) is 0 Å². The van der Waals surface area contributed by atoms with Gasteiger partial charge in [-0.1, -0.05) is 46.0 Å². The number of unbranched alkanes of at least 4 members (excludes halogenated alkanes) is 2. The van der Waals surface area contributed by atoms with E-state index in [1.807, 2.05) is 0 Å². The number of hydrogen-bond donors (Lipinski definition) is 1. The van der Waals surface area contributed by atoms with Crippen LogP contribution in [-0.4, -0.2) is 30.1 Å². The monoisotopic (exact) mass is 240 g/mol. The average Bonchev–Trinajstić information content (AvgIpc) is 2.60. The largest absolute Gasteiger partial charge is 0.329 e. The van der Waals surface area contributed by atoms with E-state index in [2.05, 4.69) is 18.7 Å². The maximum atomic E-state index is 6.01. The van der Waals surface area contributed by atoms with E-state index in [4.69, 9.17) is 5.73 Å². The van der Waals surface area contributed by atoms with Crippen molar-refractivity contribution >= 4 is 0 Å². The van der Waals surface area contributed by atoms with Gasteiger partial charge < -0.3 is 5.73 Å². The van der Waals surface area contributed by atoms with Crippen molar-refractivity contribution < 1.29 is 0 Å². The topological polar surface area (TPSA) is 29.3 Å². The molecule has 0 spiro atoms. The van der Waals surface area contributed by atoms with E-state index in [1.54, 1.807) is 0 Å². The molecule has 1 rings (SSSR count). The SMILES string of the molecule is CCCCCC(CN)N1CCCCCC1CC. The zero-order valence-corrected chi connectivity index (χ0v) is 12.0. The lowest BCUT2D eigenvalue weighted by Crippen LogP contribution is -2.46. The Morgan fingerprint density at radius 2 is 2.00 bits per heavy atom. The van der Waals surface area contributed by atoms with E-state index >= 15 is 0 Å². The van der Waals surface area contributed by atoms with Crippen molar-refractivity contribution in [2.45, 2.75) is 83.7 Å². The zero-order valence-electron chi connectivity index (χ0n) is 12.0. The van der Waals surface area contributed by atoms with Gasteiger partial charge in [-0.3, -0.25) is 4.90 Å². The van der Waals surface area contributed by atoms with Gasteiger partial charge >= 0.3 is 0 Å². The fourth-order valence-electron chi connectivity index (χ4n) is 3.17. The predicted octanol–water partition coefficient (Wildman–Crippen LogP) is 3.55. The van der Waals surface area contributed by atoms with Crippen LogP contribution in [0.2, 0.25) is 0 Å². The lowest BCUT2D eigenvalue weighted by molar-refractivity contribution is 0.127.